The molecule has 0 aliphatic heterocycles. The number of hydrogen-bond donors (Lipinski definition) is 0. The van der Waals surface area contributed by atoms with Crippen LogP contribution >= 0.6 is 47.8 Å². The van der Waals surface area contributed by atoms with Crippen molar-refractivity contribution in [1.82, 2.24) is 0 Å². The third kappa shape index (κ3) is 2.71. The summed E-state index contributed by atoms with van der Waals surface area (Å²) in [5, 5.41) is 0. The highest BCUT2D eigenvalue weighted by Crippen LogP contribution is 2.33. The van der Waals surface area contributed by atoms with Gasteiger partial charge in [-0.05, 0) is 68.3 Å². The average molecular weight is 455 g/mol. The van der Waals surface area contributed by atoms with Crippen LogP contribution in [0.15, 0.2) is 65.7 Å². The van der Waals surface area contributed by atoms with Crippen LogP contribution in [0, 0.1) is 0 Å². The molecule has 0 saturated carbocycles. The van der Waals surface area contributed by atoms with Crippen molar-refractivity contribution in [1.29, 1.82) is 0 Å². The summed E-state index contributed by atoms with van der Waals surface area (Å²) < 4.78 is 27.0. The van der Waals surface area contributed by atoms with E-state index in [1.54, 1.807) is 42.5 Å². The highest BCUT2D eigenvalue weighted by molar-refractivity contribution is 9.13. The van der Waals surface area contributed by atoms with Gasteiger partial charge in [-0.25, -0.2) is 8.42 Å². The molecule has 94 valence electrons. The highest BCUT2D eigenvalue weighted by atomic mass is 79.9. The largest absolute Gasteiger partial charge is 0.218 e. The van der Waals surface area contributed by atoms with Crippen LogP contribution in [0.1, 0.15) is 0 Å². The van der Waals surface area contributed by atoms with Crippen LogP contribution in [-0.4, -0.2) is 8.42 Å². The van der Waals surface area contributed by atoms with Crippen molar-refractivity contribution in [2.75, 3.05) is 0 Å². The number of rotatable bonds is 2. The maximum atomic E-state index is 12.5. The Bertz CT molecular complexity index is 679. The lowest BCUT2D eigenvalue weighted by Gasteiger charge is -2.08. The molecular formula is C12H7Br3O2S. The number of sulfone groups is 1. The molecule has 2 aromatic rings. The molecule has 2 aromatic carbocycles. The molecule has 0 amide bonds. The van der Waals surface area contributed by atoms with Gasteiger partial charge < -0.3 is 0 Å². The van der Waals surface area contributed by atoms with Gasteiger partial charge in [0, 0.05) is 8.95 Å². The zero-order valence-corrected chi connectivity index (χ0v) is 14.5. The lowest BCUT2D eigenvalue weighted by Crippen LogP contribution is -2.03. The zero-order valence-electron chi connectivity index (χ0n) is 8.90. The Morgan fingerprint density at radius 3 is 2.06 bits per heavy atom. The van der Waals surface area contributed by atoms with E-state index in [0.29, 0.717) is 8.95 Å². The molecule has 0 aromatic heterocycles. The van der Waals surface area contributed by atoms with E-state index in [9.17, 15) is 8.42 Å². The topological polar surface area (TPSA) is 34.1 Å². The third-order valence-corrected chi connectivity index (χ3v) is 6.98. The molecule has 0 aliphatic carbocycles. The number of hydrogen-bond acceptors (Lipinski definition) is 2. The van der Waals surface area contributed by atoms with Gasteiger partial charge in [0.15, 0.2) is 0 Å². The summed E-state index contributed by atoms with van der Waals surface area (Å²) in [6.45, 7) is 0. The molecule has 0 bridgehead atoms. The maximum absolute atomic E-state index is 12.5. The van der Waals surface area contributed by atoms with Crippen molar-refractivity contribution in [2.45, 2.75) is 9.79 Å². The molecule has 0 spiro atoms. The van der Waals surface area contributed by atoms with Gasteiger partial charge in [-0.3, -0.25) is 0 Å². The summed E-state index contributed by atoms with van der Waals surface area (Å²) >= 11 is 9.88. The minimum atomic E-state index is -3.51. The minimum Gasteiger partial charge on any atom is -0.218 e. The molecule has 0 fully saturated rings. The van der Waals surface area contributed by atoms with E-state index < -0.39 is 9.84 Å². The van der Waals surface area contributed by atoms with E-state index in [1.165, 1.54) is 0 Å². The van der Waals surface area contributed by atoms with E-state index in [1.807, 2.05) is 0 Å². The Labute approximate surface area is 131 Å². The zero-order chi connectivity index (χ0) is 13.3. The number of benzene rings is 2. The normalized spacial score (nSPS) is 11.5. The van der Waals surface area contributed by atoms with Gasteiger partial charge in [-0.15, -0.1) is 0 Å². The Kier molecular flexibility index (Phi) is 4.31. The first-order valence-corrected chi connectivity index (χ1v) is 8.74. The van der Waals surface area contributed by atoms with Crippen molar-refractivity contribution in [3.05, 3.63) is 55.9 Å². The average Bonchev–Trinajstić information content (AvgIpc) is 2.33. The predicted octanol–water partition coefficient (Wildman–Crippen LogP) is 4.81. The first-order valence-electron chi connectivity index (χ1n) is 4.87. The molecule has 0 radical (unpaired) electrons. The van der Waals surface area contributed by atoms with Gasteiger partial charge in [-0.1, -0.05) is 22.0 Å². The molecule has 18 heavy (non-hydrogen) atoms. The van der Waals surface area contributed by atoms with Gasteiger partial charge in [0.2, 0.25) is 9.84 Å². The van der Waals surface area contributed by atoms with Crippen LogP contribution in [-0.2, 0) is 9.84 Å². The van der Waals surface area contributed by atoms with Gasteiger partial charge in [0.1, 0.15) is 0 Å². The Morgan fingerprint density at radius 1 is 0.833 bits per heavy atom. The summed E-state index contributed by atoms with van der Waals surface area (Å²) in [4.78, 5) is 0.517. The van der Waals surface area contributed by atoms with Crippen LogP contribution in [0.25, 0.3) is 0 Å². The molecule has 0 N–H and O–H groups in total. The van der Waals surface area contributed by atoms with Crippen LogP contribution in [0.3, 0.4) is 0 Å². The van der Waals surface area contributed by atoms with E-state index in [0.717, 1.165) is 4.47 Å². The second kappa shape index (κ2) is 5.45. The summed E-state index contributed by atoms with van der Waals surface area (Å²) in [5.74, 6) is 0. The van der Waals surface area contributed by atoms with Gasteiger partial charge in [-0.2, -0.15) is 0 Å². The fourth-order valence-electron chi connectivity index (χ4n) is 1.43. The molecule has 0 heterocycles. The van der Waals surface area contributed by atoms with Gasteiger partial charge in [0.25, 0.3) is 0 Å². The van der Waals surface area contributed by atoms with Crippen molar-refractivity contribution < 1.29 is 8.42 Å². The molecule has 0 unspecified atom stereocenters. The van der Waals surface area contributed by atoms with E-state index in [2.05, 4.69) is 47.8 Å². The maximum Gasteiger partial charge on any atom is 0.207 e. The first-order chi connectivity index (χ1) is 8.43. The monoisotopic (exact) mass is 452 g/mol. The second-order valence-corrected chi connectivity index (χ2v) is 7.99. The molecule has 2 nitrogen and oxygen atoms in total. The first kappa shape index (κ1) is 14.2. The third-order valence-electron chi connectivity index (χ3n) is 2.33. The fraction of sp³-hybridized carbons (Fsp3) is 0. The van der Waals surface area contributed by atoms with Crippen LogP contribution < -0.4 is 0 Å². The lowest BCUT2D eigenvalue weighted by atomic mass is 10.4. The smallest absolute Gasteiger partial charge is 0.207 e. The molecule has 0 saturated heterocycles. The Morgan fingerprint density at radius 2 is 1.44 bits per heavy atom. The number of halogens is 3. The van der Waals surface area contributed by atoms with Crippen molar-refractivity contribution in [3.63, 3.8) is 0 Å². The van der Waals surface area contributed by atoms with Gasteiger partial charge >= 0.3 is 0 Å². The van der Waals surface area contributed by atoms with Crippen LogP contribution in [0.2, 0.25) is 0 Å². The van der Waals surface area contributed by atoms with E-state index in [-0.39, 0.29) is 9.79 Å². The van der Waals surface area contributed by atoms with Crippen molar-refractivity contribution in [3.8, 4) is 0 Å². The van der Waals surface area contributed by atoms with Crippen LogP contribution in [0.5, 0.6) is 0 Å². The molecule has 6 heteroatoms. The Balaban J connectivity index is 2.62. The molecule has 2 rings (SSSR count). The molecular weight excluding hydrogens is 448 g/mol. The lowest BCUT2D eigenvalue weighted by molar-refractivity contribution is 0.595. The SMILES string of the molecule is O=S(=O)(c1ccc(Br)cc1)c1cccc(Br)c1Br. The fourth-order valence-corrected chi connectivity index (χ4v) is 4.45. The minimum absolute atomic E-state index is 0.249. The van der Waals surface area contributed by atoms with Crippen molar-refractivity contribution in [2.24, 2.45) is 0 Å². The quantitative estimate of drug-likeness (QED) is 0.652. The highest BCUT2D eigenvalue weighted by Gasteiger charge is 2.21. The van der Waals surface area contributed by atoms with Gasteiger partial charge in [0.05, 0.1) is 14.3 Å². The van der Waals surface area contributed by atoms with E-state index in [4.69, 9.17) is 0 Å². The standard InChI is InChI=1S/C12H7Br3O2S/c13-8-4-6-9(7-5-8)18(16,17)11-3-1-2-10(14)12(11)15/h1-7H. The Hall–Kier alpha value is -0.170. The summed E-state index contributed by atoms with van der Waals surface area (Å²) in [6.07, 6.45) is 0. The van der Waals surface area contributed by atoms with E-state index >= 15 is 0 Å². The summed E-state index contributed by atoms with van der Waals surface area (Å²) in [6, 6.07) is 11.6. The van der Waals surface area contributed by atoms with Crippen LogP contribution in [0.4, 0.5) is 0 Å². The van der Waals surface area contributed by atoms with Crippen molar-refractivity contribution >= 4 is 57.6 Å². The summed E-state index contributed by atoms with van der Waals surface area (Å²) in [5.41, 5.74) is 0. The summed E-state index contributed by atoms with van der Waals surface area (Å²) in [7, 11) is -3.51. The molecule has 0 aliphatic rings. The molecule has 0 atom stereocenters. The predicted molar refractivity (Wildman–Crippen MR) is 81.4 cm³/mol. The second-order valence-electron chi connectivity index (χ2n) is 3.51.